The minimum atomic E-state index is -0.884. The molecular formula is C11H20N2O4. The van der Waals surface area contributed by atoms with E-state index in [0.29, 0.717) is 19.5 Å². The van der Waals surface area contributed by atoms with Gasteiger partial charge in [0.25, 0.3) is 0 Å². The van der Waals surface area contributed by atoms with Gasteiger partial charge in [-0.15, -0.1) is 0 Å². The summed E-state index contributed by atoms with van der Waals surface area (Å²) in [4.78, 5) is 24.1. The number of hydrogen-bond donors (Lipinski definition) is 2. The van der Waals surface area contributed by atoms with E-state index in [0.717, 1.165) is 0 Å². The fourth-order valence-electron chi connectivity index (χ4n) is 1.95. The third kappa shape index (κ3) is 3.98. The number of ether oxygens (including phenoxy) is 1. The highest BCUT2D eigenvalue weighted by Crippen LogP contribution is 2.12. The van der Waals surface area contributed by atoms with Crippen LogP contribution in [0.1, 0.15) is 19.8 Å². The Morgan fingerprint density at radius 2 is 2.24 bits per heavy atom. The van der Waals surface area contributed by atoms with Gasteiger partial charge in [-0.25, -0.2) is 0 Å². The van der Waals surface area contributed by atoms with Gasteiger partial charge >= 0.3 is 5.97 Å². The molecule has 1 saturated heterocycles. The van der Waals surface area contributed by atoms with Crippen molar-refractivity contribution in [3.8, 4) is 0 Å². The van der Waals surface area contributed by atoms with Crippen molar-refractivity contribution in [3.63, 3.8) is 0 Å². The van der Waals surface area contributed by atoms with Crippen LogP contribution in [0.5, 0.6) is 0 Å². The zero-order valence-corrected chi connectivity index (χ0v) is 10.3. The Hall–Kier alpha value is -1.14. The molecule has 1 aliphatic heterocycles. The Labute approximate surface area is 101 Å². The maximum Gasteiger partial charge on any atom is 0.305 e. The molecule has 1 rings (SSSR count). The van der Waals surface area contributed by atoms with Crippen molar-refractivity contribution < 1.29 is 19.4 Å². The minimum Gasteiger partial charge on any atom is -0.481 e. The van der Waals surface area contributed by atoms with Crippen LogP contribution in [0, 0.1) is 0 Å². The van der Waals surface area contributed by atoms with Gasteiger partial charge in [0, 0.05) is 26.7 Å². The lowest BCUT2D eigenvalue weighted by molar-refractivity contribution is -0.139. The van der Waals surface area contributed by atoms with Gasteiger partial charge in [-0.1, -0.05) is 0 Å². The zero-order valence-electron chi connectivity index (χ0n) is 10.3. The summed E-state index contributed by atoms with van der Waals surface area (Å²) in [5.74, 6) is -0.918. The molecule has 98 valence electrons. The topological polar surface area (TPSA) is 78.9 Å². The van der Waals surface area contributed by atoms with Gasteiger partial charge in [0.1, 0.15) is 0 Å². The smallest absolute Gasteiger partial charge is 0.305 e. The second kappa shape index (κ2) is 6.56. The number of carbonyl (C=O) groups excluding carboxylic acids is 1. The zero-order chi connectivity index (χ0) is 12.8. The minimum absolute atomic E-state index is 0.0139. The van der Waals surface area contributed by atoms with Gasteiger partial charge in [-0.2, -0.15) is 0 Å². The molecule has 0 spiro atoms. The first-order valence-electron chi connectivity index (χ1n) is 5.85. The second-order valence-corrected chi connectivity index (χ2v) is 4.12. The number of likely N-dealkylation sites (N-methyl/N-ethyl adjacent to an activating group) is 1. The quantitative estimate of drug-likeness (QED) is 0.670. The molecule has 0 radical (unpaired) electrons. The van der Waals surface area contributed by atoms with Crippen LogP contribution in [0.25, 0.3) is 0 Å². The molecule has 0 saturated carbocycles. The first-order valence-corrected chi connectivity index (χ1v) is 5.85. The van der Waals surface area contributed by atoms with E-state index in [1.54, 1.807) is 12.0 Å². The maximum atomic E-state index is 12.1. The fourth-order valence-corrected chi connectivity index (χ4v) is 1.95. The number of nitrogens with one attached hydrogen (secondary N) is 1. The number of hydrogen-bond acceptors (Lipinski definition) is 4. The summed E-state index contributed by atoms with van der Waals surface area (Å²) in [6, 6.07) is -0.242. The lowest BCUT2D eigenvalue weighted by Gasteiger charge is -2.23. The second-order valence-electron chi connectivity index (χ2n) is 4.12. The number of nitrogens with zero attached hydrogens (tertiary/aromatic N) is 1. The first kappa shape index (κ1) is 13.9. The van der Waals surface area contributed by atoms with Crippen molar-refractivity contribution in [2.45, 2.75) is 31.9 Å². The summed E-state index contributed by atoms with van der Waals surface area (Å²) < 4.78 is 5.18. The average Bonchev–Trinajstić information content (AvgIpc) is 2.77. The van der Waals surface area contributed by atoms with E-state index >= 15 is 0 Å². The van der Waals surface area contributed by atoms with Crippen LogP contribution >= 0.6 is 0 Å². The van der Waals surface area contributed by atoms with Crippen LogP contribution in [-0.4, -0.2) is 60.8 Å². The monoisotopic (exact) mass is 244 g/mol. The van der Waals surface area contributed by atoms with Crippen molar-refractivity contribution in [1.29, 1.82) is 0 Å². The third-order valence-corrected chi connectivity index (χ3v) is 3.01. The van der Waals surface area contributed by atoms with E-state index in [9.17, 15) is 9.59 Å². The Morgan fingerprint density at radius 1 is 1.53 bits per heavy atom. The average molecular weight is 244 g/mol. The van der Waals surface area contributed by atoms with Crippen LogP contribution in [0.3, 0.4) is 0 Å². The SMILES string of the molecule is CCN(CCC(=O)O)C(=O)C1CC(OC)CN1. The number of aliphatic carboxylic acids is 1. The van der Waals surface area contributed by atoms with E-state index in [2.05, 4.69) is 5.32 Å². The molecule has 2 atom stereocenters. The number of rotatable bonds is 6. The summed E-state index contributed by atoms with van der Waals surface area (Å²) in [5, 5.41) is 11.7. The molecule has 0 aromatic carbocycles. The van der Waals surface area contributed by atoms with Crippen molar-refractivity contribution in [2.24, 2.45) is 0 Å². The molecule has 17 heavy (non-hydrogen) atoms. The molecule has 2 N–H and O–H groups in total. The van der Waals surface area contributed by atoms with E-state index in [4.69, 9.17) is 9.84 Å². The molecule has 1 fully saturated rings. The number of carboxylic acids is 1. The predicted octanol–water partition coefficient (Wildman–Crippen LogP) is -0.313. The van der Waals surface area contributed by atoms with Crippen molar-refractivity contribution in [1.82, 2.24) is 10.2 Å². The molecule has 1 amide bonds. The molecule has 0 bridgehead atoms. The van der Waals surface area contributed by atoms with E-state index in [1.165, 1.54) is 0 Å². The molecule has 6 nitrogen and oxygen atoms in total. The fraction of sp³-hybridized carbons (Fsp3) is 0.818. The van der Waals surface area contributed by atoms with Crippen LogP contribution in [0.15, 0.2) is 0 Å². The molecule has 6 heteroatoms. The Balaban J connectivity index is 2.46. The third-order valence-electron chi connectivity index (χ3n) is 3.01. The molecule has 0 aromatic rings. The highest BCUT2D eigenvalue weighted by atomic mass is 16.5. The van der Waals surface area contributed by atoms with E-state index in [-0.39, 0.29) is 31.0 Å². The largest absolute Gasteiger partial charge is 0.481 e. The van der Waals surface area contributed by atoms with Crippen molar-refractivity contribution in [3.05, 3.63) is 0 Å². The standard InChI is InChI=1S/C11H20N2O4/c1-3-13(5-4-10(14)15)11(16)9-6-8(17-2)7-12-9/h8-9,12H,3-7H2,1-2H3,(H,14,15). The van der Waals surface area contributed by atoms with E-state index in [1.807, 2.05) is 6.92 Å². The van der Waals surface area contributed by atoms with Crippen LogP contribution in [-0.2, 0) is 14.3 Å². The molecule has 1 heterocycles. The summed E-state index contributed by atoms with van der Waals surface area (Å²) in [5.41, 5.74) is 0. The van der Waals surface area contributed by atoms with Crippen LogP contribution < -0.4 is 5.32 Å². The van der Waals surface area contributed by atoms with Crippen molar-refractivity contribution >= 4 is 11.9 Å². The van der Waals surface area contributed by atoms with E-state index < -0.39 is 5.97 Å². The Kier molecular flexibility index (Phi) is 5.37. The number of carboxylic acid groups (broad SMARTS) is 1. The summed E-state index contributed by atoms with van der Waals surface area (Å²) in [6.07, 6.45) is 0.709. The lowest BCUT2D eigenvalue weighted by atomic mass is 10.1. The lowest BCUT2D eigenvalue weighted by Crippen LogP contribution is -2.44. The van der Waals surface area contributed by atoms with Gasteiger partial charge in [0.2, 0.25) is 5.91 Å². The maximum absolute atomic E-state index is 12.1. The van der Waals surface area contributed by atoms with Crippen molar-refractivity contribution in [2.75, 3.05) is 26.7 Å². The molecule has 2 unspecified atom stereocenters. The normalized spacial score (nSPS) is 23.6. The van der Waals surface area contributed by atoms with Gasteiger partial charge in [0.15, 0.2) is 0 Å². The van der Waals surface area contributed by atoms with Gasteiger partial charge < -0.3 is 20.1 Å². The molecule has 0 aromatic heterocycles. The summed E-state index contributed by atoms with van der Waals surface area (Å²) in [7, 11) is 1.63. The molecule has 0 aliphatic carbocycles. The predicted molar refractivity (Wildman–Crippen MR) is 61.7 cm³/mol. The molecule has 1 aliphatic rings. The number of methoxy groups -OCH3 is 1. The van der Waals surface area contributed by atoms with Gasteiger partial charge in [-0.05, 0) is 13.3 Å². The van der Waals surface area contributed by atoms with Gasteiger partial charge in [-0.3, -0.25) is 9.59 Å². The molecular weight excluding hydrogens is 224 g/mol. The first-order chi connectivity index (χ1) is 8.08. The Bertz CT molecular complexity index is 283. The summed E-state index contributed by atoms with van der Waals surface area (Å²) in [6.45, 7) is 3.31. The summed E-state index contributed by atoms with van der Waals surface area (Å²) >= 11 is 0. The van der Waals surface area contributed by atoms with Crippen LogP contribution in [0.2, 0.25) is 0 Å². The Morgan fingerprint density at radius 3 is 2.71 bits per heavy atom. The highest BCUT2D eigenvalue weighted by Gasteiger charge is 2.31. The highest BCUT2D eigenvalue weighted by molar-refractivity contribution is 5.82. The number of carbonyl (C=O) groups is 2. The van der Waals surface area contributed by atoms with Crippen LogP contribution in [0.4, 0.5) is 0 Å². The number of amides is 1. The van der Waals surface area contributed by atoms with Gasteiger partial charge in [0.05, 0.1) is 18.6 Å².